The fourth-order valence-corrected chi connectivity index (χ4v) is 2.56. The number of benzene rings is 1. The van der Waals surface area contributed by atoms with Crippen LogP contribution in [0.1, 0.15) is 32.2 Å². The molecule has 3 nitrogen and oxygen atoms in total. The van der Waals surface area contributed by atoms with Crippen LogP contribution in [0.15, 0.2) is 18.2 Å². The summed E-state index contributed by atoms with van der Waals surface area (Å²) in [5, 5.41) is 9.21. The third-order valence-electron chi connectivity index (χ3n) is 2.95. The SMILES string of the molecule is Cc1cc(Cl)ccc1-c1nnc(CCl)n1C(C)(C)C. The molecule has 0 unspecified atom stereocenters. The third kappa shape index (κ3) is 2.77. The predicted octanol–water partition coefficient (Wildman–Crippen LogP) is 4.40. The molecule has 0 aliphatic rings. The number of hydrogen-bond acceptors (Lipinski definition) is 2. The van der Waals surface area contributed by atoms with Crippen molar-refractivity contribution in [3.05, 3.63) is 34.6 Å². The number of aromatic nitrogens is 3. The van der Waals surface area contributed by atoms with Gasteiger partial charge in [-0.3, -0.25) is 0 Å². The van der Waals surface area contributed by atoms with Crippen molar-refractivity contribution in [2.24, 2.45) is 0 Å². The molecule has 0 saturated heterocycles. The Morgan fingerprint density at radius 2 is 1.89 bits per heavy atom. The normalized spacial score (nSPS) is 11.9. The number of nitrogens with zero attached hydrogens (tertiary/aromatic N) is 3. The molecule has 1 aromatic heterocycles. The van der Waals surface area contributed by atoms with Crippen molar-refractivity contribution >= 4 is 23.2 Å². The summed E-state index contributed by atoms with van der Waals surface area (Å²) in [6, 6.07) is 5.77. The fraction of sp³-hybridized carbons (Fsp3) is 0.429. The molecule has 5 heteroatoms. The second-order valence-corrected chi connectivity index (χ2v) is 6.24. The highest BCUT2D eigenvalue weighted by Crippen LogP contribution is 2.30. The number of aryl methyl sites for hydroxylation is 1. The van der Waals surface area contributed by atoms with E-state index < -0.39 is 0 Å². The van der Waals surface area contributed by atoms with Crippen molar-refractivity contribution in [2.45, 2.75) is 39.1 Å². The van der Waals surface area contributed by atoms with Gasteiger partial charge >= 0.3 is 0 Å². The van der Waals surface area contributed by atoms with Crippen LogP contribution in [0.3, 0.4) is 0 Å². The lowest BCUT2D eigenvalue weighted by Crippen LogP contribution is -2.25. The average molecular weight is 298 g/mol. The lowest BCUT2D eigenvalue weighted by atomic mass is 10.0. The van der Waals surface area contributed by atoms with E-state index in [-0.39, 0.29) is 5.54 Å². The van der Waals surface area contributed by atoms with E-state index in [1.165, 1.54) is 0 Å². The Balaban J connectivity index is 2.66. The van der Waals surface area contributed by atoms with E-state index in [0.29, 0.717) is 5.88 Å². The quantitative estimate of drug-likeness (QED) is 0.769. The highest BCUT2D eigenvalue weighted by molar-refractivity contribution is 6.30. The minimum atomic E-state index is -0.130. The first-order valence-corrected chi connectivity index (χ1v) is 7.03. The summed E-state index contributed by atoms with van der Waals surface area (Å²) in [4.78, 5) is 0. The van der Waals surface area contributed by atoms with Gasteiger partial charge in [0, 0.05) is 16.1 Å². The summed E-state index contributed by atoms with van der Waals surface area (Å²) >= 11 is 12.0. The maximum atomic E-state index is 6.00. The van der Waals surface area contributed by atoms with Gasteiger partial charge in [0.2, 0.25) is 0 Å². The van der Waals surface area contributed by atoms with Gasteiger partial charge in [0.15, 0.2) is 5.82 Å². The van der Waals surface area contributed by atoms with E-state index >= 15 is 0 Å². The maximum absolute atomic E-state index is 6.00. The molecular formula is C14H17Cl2N3. The number of rotatable bonds is 2. The fourth-order valence-electron chi connectivity index (χ4n) is 2.16. The monoisotopic (exact) mass is 297 g/mol. The molecule has 1 aromatic carbocycles. The maximum Gasteiger partial charge on any atom is 0.164 e. The van der Waals surface area contributed by atoms with E-state index in [4.69, 9.17) is 23.2 Å². The Bertz CT molecular complexity index is 597. The van der Waals surface area contributed by atoms with Gasteiger partial charge in [0.05, 0.1) is 5.88 Å². The van der Waals surface area contributed by atoms with Crippen molar-refractivity contribution in [3.63, 3.8) is 0 Å². The van der Waals surface area contributed by atoms with Crippen LogP contribution in [0.4, 0.5) is 0 Å². The lowest BCUT2D eigenvalue weighted by Gasteiger charge is -2.25. The number of halogens is 2. The molecule has 2 aromatic rings. The molecule has 19 heavy (non-hydrogen) atoms. The van der Waals surface area contributed by atoms with Crippen LogP contribution >= 0.6 is 23.2 Å². The summed E-state index contributed by atoms with van der Waals surface area (Å²) in [7, 11) is 0. The second kappa shape index (κ2) is 5.14. The van der Waals surface area contributed by atoms with Crippen molar-refractivity contribution in [3.8, 4) is 11.4 Å². The van der Waals surface area contributed by atoms with Gasteiger partial charge in [-0.05, 0) is 51.5 Å². The van der Waals surface area contributed by atoms with Crippen LogP contribution in [-0.2, 0) is 11.4 Å². The molecule has 0 amide bonds. The van der Waals surface area contributed by atoms with Crippen LogP contribution < -0.4 is 0 Å². The van der Waals surface area contributed by atoms with E-state index in [2.05, 4.69) is 35.5 Å². The van der Waals surface area contributed by atoms with E-state index in [9.17, 15) is 0 Å². The van der Waals surface area contributed by atoms with Crippen molar-refractivity contribution in [2.75, 3.05) is 0 Å². The minimum absolute atomic E-state index is 0.130. The molecule has 0 saturated carbocycles. The summed E-state index contributed by atoms with van der Waals surface area (Å²) < 4.78 is 2.08. The number of hydrogen-bond donors (Lipinski definition) is 0. The summed E-state index contributed by atoms with van der Waals surface area (Å²) in [5.74, 6) is 1.95. The van der Waals surface area contributed by atoms with Gasteiger partial charge in [0.1, 0.15) is 5.82 Å². The Labute approximate surface area is 123 Å². The predicted molar refractivity (Wildman–Crippen MR) is 79.8 cm³/mol. The van der Waals surface area contributed by atoms with Gasteiger partial charge < -0.3 is 4.57 Å². The van der Waals surface area contributed by atoms with E-state index in [1.807, 2.05) is 25.1 Å². The van der Waals surface area contributed by atoms with E-state index in [1.54, 1.807) is 0 Å². The first-order valence-electron chi connectivity index (χ1n) is 6.12. The molecule has 1 heterocycles. The van der Waals surface area contributed by atoms with Crippen LogP contribution in [0, 0.1) is 6.92 Å². The molecule has 0 radical (unpaired) electrons. The van der Waals surface area contributed by atoms with Gasteiger partial charge in [-0.25, -0.2) is 0 Å². The first kappa shape index (κ1) is 14.4. The molecule has 0 aliphatic carbocycles. The first-order chi connectivity index (χ1) is 8.84. The molecule has 0 N–H and O–H groups in total. The Morgan fingerprint density at radius 1 is 1.21 bits per heavy atom. The topological polar surface area (TPSA) is 30.7 Å². The molecule has 2 rings (SSSR count). The van der Waals surface area contributed by atoms with Crippen LogP contribution in [0.2, 0.25) is 5.02 Å². The average Bonchev–Trinajstić information content (AvgIpc) is 2.72. The molecule has 0 atom stereocenters. The van der Waals surface area contributed by atoms with E-state index in [0.717, 1.165) is 27.8 Å². The van der Waals surface area contributed by atoms with Crippen molar-refractivity contribution in [1.82, 2.24) is 14.8 Å². The Morgan fingerprint density at radius 3 is 2.42 bits per heavy atom. The summed E-state index contributed by atoms with van der Waals surface area (Å²) in [6.45, 7) is 8.35. The van der Waals surface area contributed by atoms with Crippen LogP contribution in [0.25, 0.3) is 11.4 Å². The molecule has 0 fully saturated rings. The van der Waals surface area contributed by atoms with Crippen LogP contribution in [-0.4, -0.2) is 14.8 Å². The smallest absolute Gasteiger partial charge is 0.164 e. The minimum Gasteiger partial charge on any atom is -0.305 e. The van der Waals surface area contributed by atoms with Gasteiger partial charge in [-0.1, -0.05) is 11.6 Å². The van der Waals surface area contributed by atoms with Crippen molar-refractivity contribution < 1.29 is 0 Å². The molecule has 0 aliphatic heterocycles. The Kier molecular flexibility index (Phi) is 3.88. The molecular weight excluding hydrogens is 281 g/mol. The zero-order valence-electron chi connectivity index (χ0n) is 11.5. The zero-order valence-corrected chi connectivity index (χ0v) is 13.0. The molecule has 0 bridgehead atoms. The molecule has 102 valence electrons. The van der Waals surface area contributed by atoms with Gasteiger partial charge in [-0.2, -0.15) is 0 Å². The number of alkyl halides is 1. The van der Waals surface area contributed by atoms with Crippen LogP contribution in [0.5, 0.6) is 0 Å². The zero-order chi connectivity index (χ0) is 14.2. The van der Waals surface area contributed by atoms with Crippen molar-refractivity contribution in [1.29, 1.82) is 0 Å². The van der Waals surface area contributed by atoms with Gasteiger partial charge in [-0.15, -0.1) is 21.8 Å². The second-order valence-electron chi connectivity index (χ2n) is 5.54. The molecule has 0 spiro atoms. The van der Waals surface area contributed by atoms with Gasteiger partial charge in [0.25, 0.3) is 0 Å². The summed E-state index contributed by atoms with van der Waals surface area (Å²) in [5.41, 5.74) is 1.98. The lowest BCUT2D eigenvalue weighted by molar-refractivity contribution is 0.390. The largest absolute Gasteiger partial charge is 0.305 e. The summed E-state index contributed by atoms with van der Waals surface area (Å²) in [6.07, 6.45) is 0. The third-order valence-corrected chi connectivity index (χ3v) is 3.42. The standard InChI is InChI=1S/C14H17Cl2N3/c1-9-7-10(16)5-6-11(9)13-18-17-12(8-15)19(13)14(2,3)4/h5-7H,8H2,1-4H3. The highest BCUT2D eigenvalue weighted by atomic mass is 35.5. The highest BCUT2D eigenvalue weighted by Gasteiger charge is 2.24. The Hall–Kier alpha value is -1.06.